The smallest absolute Gasteiger partial charge is 0.243 e. The Kier molecular flexibility index (Phi) is 5.87. The van der Waals surface area contributed by atoms with Gasteiger partial charge in [0.1, 0.15) is 0 Å². The van der Waals surface area contributed by atoms with Crippen molar-refractivity contribution in [1.82, 2.24) is 0 Å². The molecule has 0 aliphatic heterocycles. The van der Waals surface area contributed by atoms with E-state index < -0.39 is 0 Å². The Morgan fingerprint density at radius 3 is 2.48 bits per heavy atom. The lowest BCUT2D eigenvalue weighted by Crippen LogP contribution is -2.22. The highest BCUT2D eigenvalue weighted by atomic mass is 79.9. The van der Waals surface area contributed by atoms with E-state index in [1.165, 1.54) is 0 Å². The van der Waals surface area contributed by atoms with Crippen molar-refractivity contribution in [3.63, 3.8) is 0 Å². The summed E-state index contributed by atoms with van der Waals surface area (Å²) in [7, 11) is 3.17. The summed E-state index contributed by atoms with van der Waals surface area (Å²) in [6, 6.07) is 11.1. The SMILES string of the molecule is COc1cc(C)c(NCC(=O)Nc2cccc(Br)c2)cc1OC. The number of methoxy groups -OCH3 is 2. The van der Waals surface area contributed by atoms with Crippen molar-refractivity contribution in [3.05, 3.63) is 46.4 Å². The Morgan fingerprint density at radius 2 is 1.83 bits per heavy atom. The lowest BCUT2D eigenvalue weighted by Gasteiger charge is -2.14. The number of nitrogens with one attached hydrogen (secondary N) is 2. The zero-order valence-electron chi connectivity index (χ0n) is 13.3. The molecule has 2 N–H and O–H groups in total. The van der Waals surface area contributed by atoms with E-state index in [9.17, 15) is 4.79 Å². The number of halogens is 1. The zero-order valence-corrected chi connectivity index (χ0v) is 14.9. The Morgan fingerprint density at radius 1 is 1.13 bits per heavy atom. The molecule has 0 bridgehead atoms. The molecule has 0 fully saturated rings. The number of hydrogen-bond acceptors (Lipinski definition) is 4. The molecule has 6 heteroatoms. The van der Waals surface area contributed by atoms with Gasteiger partial charge in [0.2, 0.25) is 5.91 Å². The first-order valence-electron chi connectivity index (χ1n) is 7.05. The van der Waals surface area contributed by atoms with Gasteiger partial charge in [-0.3, -0.25) is 4.79 Å². The van der Waals surface area contributed by atoms with E-state index in [2.05, 4.69) is 26.6 Å². The highest BCUT2D eigenvalue weighted by Crippen LogP contribution is 2.32. The van der Waals surface area contributed by atoms with Gasteiger partial charge in [0.15, 0.2) is 11.5 Å². The van der Waals surface area contributed by atoms with E-state index in [1.807, 2.05) is 43.3 Å². The molecule has 0 aliphatic carbocycles. The van der Waals surface area contributed by atoms with Gasteiger partial charge in [-0.1, -0.05) is 22.0 Å². The van der Waals surface area contributed by atoms with Crippen LogP contribution in [0.25, 0.3) is 0 Å². The summed E-state index contributed by atoms with van der Waals surface area (Å²) < 4.78 is 11.4. The fraction of sp³-hybridized carbons (Fsp3) is 0.235. The second-order valence-corrected chi connectivity index (χ2v) is 5.85. The van der Waals surface area contributed by atoms with Crippen molar-refractivity contribution in [2.75, 3.05) is 31.4 Å². The van der Waals surface area contributed by atoms with Gasteiger partial charge in [-0.2, -0.15) is 0 Å². The van der Waals surface area contributed by atoms with Crippen LogP contribution in [0.4, 0.5) is 11.4 Å². The summed E-state index contributed by atoms with van der Waals surface area (Å²) in [6.45, 7) is 2.10. The number of aryl methyl sites for hydroxylation is 1. The number of benzene rings is 2. The fourth-order valence-electron chi connectivity index (χ4n) is 2.12. The fourth-order valence-corrected chi connectivity index (χ4v) is 2.52. The Labute approximate surface area is 144 Å². The maximum atomic E-state index is 12.0. The highest BCUT2D eigenvalue weighted by molar-refractivity contribution is 9.10. The number of carbonyl (C=O) groups excluding carboxylic acids is 1. The Hall–Kier alpha value is -2.21. The van der Waals surface area contributed by atoms with E-state index in [4.69, 9.17) is 9.47 Å². The lowest BCUT2D eigenvalue weighted by molar-refractivity contribution is -0.114. The van der Waals surface area contributed by atoms with Gasteiger partial charge in [-0.05, 0) is 36.8 Å². The number of carbonyl (C=O) groups is 1. The van der Waals surface area contributed by atoms with Crippen LogP contribution in [-0.2, 0) is 4.79 Å². The van der Waals surface area contributed by atoms with Gasteiger partial charge in [0.05, 0.1) is 20.8 Å². The minimum absolute atomic E-state index is 0.128. The van der Waals surface area contributed by atoms with E-state index in [0.717, 1.165) is 21.4 Å². The largest absolute Gasteiger partial charge is 0.493 e. The van der Waals surface area contributed by atoms with Crippen LogP contribution in [-0.4, -0.2) is 26.7 Å². The highest BCUT2D eigenvalue weighted by Gasteiger charge is 2.10. The number of rotatable bonds is 6. The molecule has 2 rings (SSSR count). The molecule has 0 spiro atoms. The molecule has 0 aromatic heterocycles. The Balaban J connectivity index is 2.01. The molecule has 0 aliphatic rings. The molecular weight excluding hydrogens is 360 g/mol. The molecule has 2 aromatic rings. The average molecular weight is 379 g/mol. The summed E-state index contributed by atoms with van der Waals surface area (Å²) in [5.41, 5.74) is 2.54. The summed E-state index contributed by atoms with van der Waals surface area (Å²) in [6.07, 6.45) is 0. The molecule has 0 unspecified atom stereocenters. The van der Waals surface area contributed by atoms with E-state index in [1.54, 1.807) is 14.2 Å². The molecule has 0 saturated carbocycles. The normalized spacial score (nSPS) is 10.1. The van der Waals surface area contributed by atoms with Gasteiger partial charge >= 0.3 is 0 Å². The molecule has 23 heavy (non-hydrogen) atoms. The zero-order chi connectivity index (χ0) is 16.8. The lowest BCUT2D eigenvalue weighted by atomic mass is 10.1. The van der Waals surface area contributed by atoms with Crippen LogP contribution in [0.2, 0.25) is 0 Å². The van der Waals surface area contributed by atoms with Gasteiger partial charge < -0.3 is 20.1 Å². The molecule has 0 atom stereocenters. The molecule has 2 aromatic carbocycles. The summed E-state index contributed by atoms with van der Waals surface area (Å²) in [5.74, 6) is 1.15. The number of hydrogen-bond donors (Lipinski definition) is 2. The van der Waals surface area contributed by atoms with Crippen molar-refractivity contribution >= 4 is 33.2 Å². The monoisotopic (exact) mass is 378 g/mol. The first kappa shape index (κ1) is 17.1. The van der Waals surface area contributed by atoms with E-state index in [-0.39, 0.29) is 12.5 Å². The van der Waals surface area contributed by atoms with Crippen LogP contribution >= 0.6 is 15.9 Å². The van der Waals surface area contributed by atoms with Crippen LogP contribution in [0.3, 0.4) is 0 Å². The van der Waals surface area contributed by atoms with Gasteiger partial charge in [-0.15, -0.1) is 0 Å². The number of ether oxygens (including phenoxy) is 2. The van der Waals surface area contributed by atoms with Gasteiger partial charge in [-0.25, -0.2) is 0 Å². The van der Waals surface area contributed by atoms with Crippen LogP contribution in [0.15, 0.2) is 40.9 Å². The second-order valence-electron chi connectivity index (χ2n) is 4.93. The predicted octanol–water partition coefficient (Wildman–Crippen LogP) is 3.83. The summed E-state index contributed by atoms with van der Waals surface area (Å²) in [4.78, 5) is 12.0. The first-order valence-corrected chi connectivity index (χ1v) is 7.84. The maximum Gasteiger partial charge on any atom is 0.243 e. The van der Waals surface area contributed by atoms with Crippen molar-refractivity contribution < 1.29 is 14.3 Å². The maximum absolute atomic E-state index is 12.0. The molecule has 1 amide bonds. The summed E-state index contributed by atoms with van der Waals surface area (Å²) >= 11 is 3.37. The molecule has 0 heterocycles. The first-order chi connectivity index (χ1) is 11.0. The Bertz CT molecular complexity index is 704. The molecular formula is C17H19BrN2O3. The summed E-state index contributed by atoms with van der Waals surface area (Å²) in [5, 5.41) is 5.95. The van der Waals surface area contributed by atoms with E-state index >= 15 is 0 Å². The van der Waals surface area contributed by atoms with E-state index in [0.29, 0.717) is 11.5 Å². The third kappa shape index (κ3) is 4.63. The predicted molar refractivity (Wildman–Crippen MR) is 95.5 cm³/mol. The quantitative estimate of drug-likeness (QED) is 0.801. The third-order valence-electron chi connectivity index (χ3n) is 3.28. The van der Waals surface area contributed by atoms with Gasteiger partial charge in [0, 0.05) is 21.9 Å². The van der Waals surface area contributed by atoms with Crippen LogP contribution in [0, 0.1) is 6.92 Å². The van der Waals surface area contributed by atoms with Crippen LogP contribution < -0.4 is 20.1 Å². The van der Waals surface area contributed by atoms with Gasteiger partial charge in [0.25, 0.3) is 0 Å². The molecule has 0 radical (unpaired) electrons. The standard InChI is InChI=1S/C17H19BrN2O3/c1-11-7-15(22-2)16(23-3)9-14(11)19-10-17(21)20-13-6-4-5-12(18)8-13/h4-9,19H,10H2,1-3H3,(H,20,21). The average Bonchev–Trinajstić information content (AvgIpc) is 2.53. The molecule has 122 valence electrons. The van der Waals surface area contributed by atoms with Crippen molar-refractivity contribution in [1.29, 1.82) is 0 Å². The van der Waals surface area contributed by atoms with Crippen molar-refractivity contribution in [3.8, 4) is 11.5 Å². The van der Waals surface area contributed by atoms with Crippen molar-refractivity contribution in [2.24, 2.45) is 0 Å². The van der Waals surface area contributed by atoms with Crippen LogP contribution in [0.5, 0.6) is 11.5 Å². The van der Waals surface area contributed by atoms with Crippen LogP contribution in [0.1, 0.15) is 5.56 Å². The number of anilines is 2. The minimum Gasteiger partial charge on any atom is -0.493 e. The third-order valence-corrected chi connectivity index (χ3v) is 3.77. The second kappa shape index (κ2) is 7.87. The van der Waals surface area contributed by atoms with Crippen molar-refractivity contribution in [2.45, 2.75) is 6.92 Å². The topological polar surface area (TPSA) is 59.6 Å². The number of amides is 1. The molecule has 5 nitrogen and oxygen atoms in total. The molecule has 0 saturated heterocycles. The minimum atomic E-state index is -0.128.